The van der Waals surface area contributed by atoms with E-state index < -0.39 is 0 Å². The van der Waals surface area contributed by atoms with Crippen LogP contribution in [0.4, 0.5) is 0 Å². The van der Waals surface area contributed by atoms with Gasteiger partial charge in [0.2, 0.25) is 5.91 Å². The summed E-state index contributed by atoms with van der Waals surface area (Å²) >= 11 is 0. The van der Waals surface area contributed by atoms with Crippen molar-refractivity contribution in [3.05, 3.63) is 0 Å². The molecule has 0 heterocycles. The van der Waals surface area contributed by atoms with E-state index in [4.69, 9.17) is 5.73 Å². The van der Waals surface area contributed by atoms with Crippen LogP contribution in [0, 0.1) is 35.5 Å². The van der Waals surface area contributed by atoms with Crippen LogP contribution in [0.3, 0.4) is 0 Å². The van der Waals surface area contributed by atoms with Gasteiger partial charge in [-0.05, 0) is 74.7 Å². The van der Waals surface area contributed by atoms with E-state index in [0.29, 0.717) is 24.4 Å². The fourth-order valence-electron chi connectivity index (χ4n) is 6.19. The second-order valence-electron chi connectivity index (χ2n) is 7.80. The third-order valence-electron chi connectivity index (χ3n) is 7.05. The van der Waals surface area contributed by atoms with Gasteiger partial charge in [0, 0.05) is 12.0 Å². The van der Waals surface area contributed by atoms with Gasteiger partial charge in [0.15, 0.2) is 0 Å². The fourth-order valence-corrected chi connectivity index (χ4v) is 6.19. The van der Waals surface area contributed by atoms with Gasteiger partial charge in [-0.3, -0.25) is 4.79 Å². The summed E-state index contributed by atoms with van der Waals surface area (Å²) in [7, 11) is 0. The molecule has 3 heteroatoms. The summed E-state index contributed by atoms with van der Waals surface area (Å²) in [5, 5.41) is 3.43. The smallest absolute Gasteiger partial charge is 0.223 e. The first kappa shape index (κ1) is 13.1. The van der Waals surface area contributed by atoms with Crippen LogP contribution in [0.15, 0.2) is 0 Å². The quantitative estimate of drug-likeness (QED) is 0.831. The molecule has 0 radical (unpaired) electrons. The number of amides is 1. The van der Waals surface area contributed by atoms with E-state index >= 15 is 0 Å². The van der Waals surface area contributed by atoms with Gasteiger partial charge < -0.3 is 11.1 Å². The van der Waals surface area contributed by atoms with E-state index in [1.807, 2.05) is 0 Å². The van der Waals surface area contributed by atoms with Crippen molar-refractivity contribution >= 4 is 5.91 Å². The molecule has 3 nitrogen and oxygen atoms in total. The molecule has 4 saturated carbocycles. The lowest BCUT2D eigenvalue weighted by atomic mass is 9.79. The largest absolute Gasteiger partial charge is 0.353 e. The predicted molar refractivity (Wildman–Crippen MR) is 78.9 cm³/mol. The maximum absolute atomic E-state index is 12.6. The molecule has 0 aliphatic heterocycles. The number of hydrogen-bond acceptors (Lipinski definition) is 2. The van der Waals surface area contributed by atoms with Gasteiger partial charge in [0.1, 0.15) is 0 Å². The molecule has 4 aliphatic rings. The summed E-state index contributed by atoms with van der Waals surface area (Å²) in [6.45, 7) is 0.680. The number of carbonyl (C=O) groups is 1. The summed E-state index contributed by atoms with van der Waals surface area (Å²) in [6, 6.07) is 0.492. The average molecular weight is 276 g/mol. The second-order valence-corrected chi connectivity index (χ2v) is 7.80. The van der Waals surface area contributed by atoms with Gasteiger partial charge in [0.05, 0.1) is 0 Å². The monoisotopic (exact) mass is 276 g/mol. The molecule has 0 aromatic carbocycles. The number of nitrogens with two attached hydrogens (primary N) is 1. The van der Waals surface area contributed by atoms with E-state index in [1.165, 1.54) is 38.5 Å². The number of rotatable bonds is 3. The Kier molecular flexibility index (Phi) is 3.29. The Hall–Kier alpha value is -0.570. The molecule has 4 aliphatic carbocycles. The summed E-state index contributed by atoms with van der Waals surface area (Å²) in [4.78, 5) is 12.6. The van der Waals surface area contributed by atoms with Gasteiger partial charge in [-0.2, -0.15) is 0 Å². The number of nitrogens with one attached hydrogen (secondary N) is 1. The zero-order valence-electron chi connectivity index (χ0n) is 12.4. The highest BCUT2D eigenvalue weighted by Crippen LogP contribution is 2.58. The molecule has 4 rings (SSSR count). The van der Waals surface area contributed by atoms with Crippen LogP contribution in [0.2, 0.25) is 0 Å². The molecule has 0 aromatic heterocycles. The minimum Gasteiger partial charge on any atom is -0.353 e. The maximum Gasteiger partial charge on any atom is 0.223 e. The van der Waals surface area contributed by atoms with Gasteiger partial charge in [-0.1, -0.05) is 12.8 Å². The fraction of sp³-hybridized carbons (Fsp3) is 0.941. The molecule has 1 amide bonds. The maximum atomic E-state index is 12.6. The Labute approximate surface area is 122 Å². The van der Waals surface area contributed by atoms with Crippen LogP contribution in [0.1, 0.15) is 51.4 Å². The molecule has 3 N–H and O–H groups in total. The van der Waals surface area contributed by atoms with Crippen molar-refractivity contribution in [1.29, 1.82) is 0 Å². The Bertz CT molecular complexity index is 396. The van der Waals surface area contributed by atoms with Crippen LogP contribution in [0.25, 0.3) is 0 Å². The van der Waals surface area contributed by atoms with Gasteiger partial charge in [0.25, 0.3) is 0 Å². The Morgan fingerprint density at radius 2 is 1.80 bits per heavy atom. The molecular formula is C17H28N2O. The third kappa shape index (κ3) is 1.93. The molecule has 0 spiro atoms. The van der Waals surface area contributed by atoms with E-state index in [0.717, 1.165) is 36.5 Å². The van der Waals surface area contributed by atoms with Crippen molar-refractivity contribution in [2.24, 2.45) is 41.2 Å². The molecule has 2 bridgehead atoms. The average Bonchev–Trinajstić information content (AvgIpc) is 3.19. The molecule has 4 fully saturated rings. The Morgan fingerprint density at radius 3 is 2.65 bits per heavy atom. The molecule has 0 aromatic rings. The van der Waals surface area contributed by atoms with Crippen LogP contribution in [-0.4, -0.2) is 18.5 Å². The molecule has 0 saturated heterocycles. The minimum atomic E-state index is 0.207. The predicted octanol–water partition coefficient (Wildman–Crippen LogP) is 2.30. The van der Waals surface area contributed by atoms with Crippen LogP contribution in [-0.2, 0) is 4.79 Å². The lowest BCUT2D eigenvalue weighted by Crippen LogP contribution is -2.46. The van der Waals surface area contributed by atoms with Crippen molar-refractivity contribution in [2.75, 3.05) is 6.54 Å². The first-order chi connectivity index (χ1) is 9.78. The first-order valence-electron chi connectivity index (χ1n) is 8.78. The van der Waals surface area contributed by atoms with Crippen LogP contribution >= 0.6 is 0 Å². The Balaban J connectivity index is 1.39. The van der Waals surface area contributed by atoms with Crippen LogP contribution < -0.4 is 11.1 Å². The van der Waals surface area contributed by atoms with Crippen molar-refractivity contribution in [3.63, 3.8) is 0 Å². The molecule has 5 unspecified atom stereocenters. The molecule has 7 atom stereocenters. The van der Waals surface area contributed by atoms with Crippen molar-refractivity contribution in [2.45, 2.75) is 57.4 Å². The highest BCUT2D eigenvalue weighted by atomic mass is 16.2. The number of fused-ring (bicyclic) bond motifs is 5. The topological polar surface area (TPSA) is 55.1 Å². The van der Waals surface area contributed by atoms with Gasteiger partial charge in [-0.15, -0.1) is 0 Å². The van der Waals surface area contributed by atoms with Gasteiger partial charge >= 0.3 is 0 Å². The zero-order chi connectivity index (χ0) is 13.7. The molecule has 112 valence electrons. The highest BCUT2D eigenvalue weighted by Gasteiger charge is 2.54. The lowest BCUT2D eigenvalue weighted by Gasteiger charge is -2.33. The summed E-state index contributed by atoms with van der Waals surface area (Å²) in [5.74, 6) is 4.64. The summed E-state index contributed by atoms with van der Waals surface area (Å²) < 4.78 is 0. The van der Waals surface area contributed by atoms with E-state index in [2.05, 4.69) is 5.32 Å². The summed E-state index contributed by atoms with van der Waals surface area (Å²) in [5.41, 5.74) is 5.82. The second kappa shape index (κ2) is 5.01. The van der Waals surface area contributed by atoms with Crippen molar-refractivity contribution < 1.29 is 4.79 Å². The standard InChI is InChI=1S/C17H28N2O/c18-9-10-3-1-5-13(10)17(20)19-16-8-11-7-15(16)14-6-2-4-12(11)14/h10-16H,1-9,18H2,(H,19,20)/t10-,11?,12?,13-,14?,15?,16?/m1/s1. The molecular weight excluding hydrogens is 248 g/mol. The lowest BCUT2D eigenvalue weighted by molar-refractivity contribution is -0.127. The first-order valence-corrected chi connectivity index (χ1v) is 8.78. The SMILES string of the molecule is NC[C@H]1CCC[C@H]1C(=O)NC1CC2CC1C1CCCC21. The minimum absolute atomic E-state index is 0.207. The van der Waals surface area contributed by atoms with Crippen molar-refractivity contribution in [3.8, 4) is 0 Å². The highest BCUT2D eigenvalue weighted by molar-refractivity contribution is 5.79. The van der Waals surface area contributed by atoms with E-state index in [-0.39, 0.29) is 5.92 Å². The number of hydrogen-bond donors (Lipinski definition) is 2. The van der Waals surface area contributed by atoms with E-state index in [1.54, 1.807) is 0 Å². The summed E-state index contributed by atoms with van der Waals surface area (Å²) in [6.07, 6.45) is 10.4. The van der Waals surface area contributed by atoms with Gasteiger partial charge in [-0.25, -0.2) is 0 Å². The van der Waals surface area contributed by atoms with Crippen LogP contribution in [0.5, 0.6) is 0 Å². The Morgan fingerprint density at radius 1 is 1.00 bits per heavy atom. The van der Waals surface area contributed by atoms with E-state index in [9.17, 15) is 4.79 Å². The number of carbonyl (C=O) groups excluding carboxylic acids is 1. The zero-order valence-corrected chi connectivity index (χ0v) is 12.4. The normalized spacial score (nSPS) is 49.5. The third-order valence-corrected chi connectivity index (χ3v) is 7.05. The molecule has 20 heavy (non-hydrogen) atoms. The van der Waals surface area contributed by atoms with Crippen molar-refractivity contribution in [1.82, 2.24) is 5.32 Å².